The van der Waals surface area contributed by atoms with Crippen molar-refractivity contribution in [1.29, 1.82) is 0 Å². The zero-order chi connectivity index (χ0) is 22.8. The van der Waals surface area contributed by atoms with E-state index in [0.717, 1.165) is 30.1 Å². The molecular formula is C29H48O2. The fourth-order valence-electron chi connectivity index (χ4n) is 9.21. The molecule has 0 aliphatic heterocycles. The van der Waals surface area contributed by atoms with E-state index >= 15 is 0 Å². The molecule has 8 atom stereocenters. The quantitative estimate of drug-likeness (QED) is 0.470. The molecule has 0 heterocycles. The third-order valence-electron chi connectivity index (χ3n) is 11.0. The van der Waals surface area contributed by atoms with Gasteiger partial charge in [-0.2, -0.15) is 0 Å². The van der Waals surface area contributed by atoms with Crippen molar-refractivity contribution in [2.45, 2.75) is 112 Å². The Bertz CT molecular complexity index is 733. The minimum atomic E-state index is -0.511. The van der Waals surface area contributed by atoms with Gasteiger partial charge in [0, 0.05) is 17.3 Å². The first-order valence-corrected chi connectivity index (χ1v) is 13.4. The highest BCUT2D eigenvalue weighted by molar-refractivity contribution is 5.89. The first-order chi connectivity index (χ1) is 14.4. The minimum absolute atomic E-state index is 0.220. The van der Waals surface area contributed by atoms with E-state index in [-0.39, 0.29) is 11.2 Å². The molecule has 31 heavy (non-hydrogen) atoms. The van der Waals surface area contributed by atoms with Crippen molar-refractivity contribution >= 4 is 5.78 Å². The molecule has 3 saturated carbocycles. The molecule has 0 amide bonds. The van der Waals surface area contributed by atoms with Crippen molar-refractivity contribution < 1.29 is 9.90 Å². The molecule has 3 fully saturated rings. The van der Waals surface area contributed by atoms with Crippen LogP contribution in [0.1, 0.15) is 106 Å². The van der Waals surface area contributed by atoms with Crippen LogP contribution in [0.2, 0.25) is 0 Å². The average molecular weight is 429 g/mol. The number of hydrogen-bond acceptors (Lipinski definition) is 2. The van der Waals surface area contributed by atoms with E-state index < -0.39 is 11.5 Å². The van der Waals surface area contributed by atoms with Crippen LogP contribution in [0.4, 0.5) is 0 Å². The maximum absolute atomic E-state index is 12.8. The lowest BCUT2D eigenvalue weighted by atomic mass is 9.43. The van der Waals surface area contributed by atoms with Crippen molar-refractivity contribution in [2.75, 3.05) is 0 Å². The van der Waals surface area contributed by atoms with E-state index in [1.54, 1.807) is 0 Å². The number of carbonyl (C=O) groups is 1. The van der Waals surface area contributed by atoms with Gasteiger partial charge in [0.2, 0.25) is 0 Å². The van der Waals surface area contributed by atoms with Gasteiger partial charge in [0.25, 0.3) is 0 Å². The van der Waals surface area contributed by atoms with E-state index in [2.05, 4.69) is 54.5 Å². The molecule has 0 radical (unpaired) electrons. The number of aliphatic hydroxyl groups is 1. The summed E-state index contributed by atoms with van der Waals surface area (Å²) in [4.78, 5) is 12.8. The van der Waals surface area contributed by atoms with Gasteiger partial charge < -0.3 is 5.11 Å². The number of allylic oxidation sites excluding steroid dienone is 1. The lowest BCUT2D eigenvalue weighted by Crippen LogP contribution is -2.59. The molecule has 0 aromatic heterocycles. The minimum Gasteiger partial charge on any atom is -0.392 e. The first-order valence-electron chi connectivity index (χ1n) is 13.4. The third kappa shape index (κ3) is 3.49. The SMILES string of the molecule is CC(C)CCC[C@@H](C)[C@H]1CC[C@H]2[C@@H]3CC=C4C(C)(C)C(=O)C[C@H](O)[C@]4(C)[C@H]3CC[C@]12C. The van der Waals surface area contributed by atoms with Gasteiger partial charge in [-0.25, -0.2) is 0 Å². The predicted octanol–water partition coefficient (Wildman–Crippen LogP) is 7.20. The van der Waals surface area contributed by atoms with Gasteiger partial charge in [-0.3, -0.25) is 4.79 Å². The molecule has 4 rings (SSSR count). The molecule has 0 saturated heterocycles. The largest absolute Gasteiger partial charge is 0.392 e. The fraction of sp³-hybridized carbons (Fsp3) is 0.897. The van der Waals surface area contributed by atoms with Crippen LogP contribution in [0.15, 0.2) is 11.6 Å². The molecular weight excluding hydrogens is 380 g/mol. The van der Waals surface area contributed by atoms with Crippen molar-refractivity contribution in [3.8, 4) is 0 Å². The highest BCUT2D eigenvalue weighted by Gasteiger charge is 2.63. The van der Waals surface area contributed by atoms with Gasteiger partial charge in [-0.1, -0.05) is 65.5 Å². The molecule has 4 aliphatic rings. The molecule has 2 nitrogen and oxygen atoms in total. The van der Waals surface area contributed by atoms with Crippen LogP contribution < -0.4 is 0 Å². The normalized spacial score (nSPS) is 45.0. The molecule has 1 N–H and O–H groups in total. The molecule has 0 spiro atoms. The Hall–Kier alpha value is -0.630. The van der Waals surface area contributed by atoms with Gasteiger partial charge in [-0.15, -0.1) is 0 Å². The summed E-state index contributed by atoms with van der Waals surface area (Å²) in [6, 6.07) is 0. The lowest BCUT2D eigenvalue weighted by molar-refractivity contribution is -0.144. The molecule has 0 bridgehead atoms. The number of carbonyl (C=O) groups excluding carboxylic acids is 1. The van der Waals surface area contributed by atoms with E-state index in [9.17, 15) is 9.90 Å². The Morgan fingerprint density at radius 3 is 2.42 bits per heavy atom. The predicted molar refractivity (Wildman–Crippen MR) is 129 cm³/mol. The Morgan fingerprint density at radius 1 is 1.03 bits per heavy atom. The third-order valence-corrected chi connectivity index (χ3v) is 11.0. The zero-order valence-electron chi connectivity index (χ0n) is 21.3. The molecule has 4 aliphatic carbocycles. The smallest absolute Gasteiger partial charge is 0.145 e. The summed E-state index contributed by atoms with van der Waals surface area (Å²) in [5, 5.41) is 11.2. The van der Waals surface area contributed by atoms with Crippen molar-refractivity contribution in [1.82, 2.24) is 0 Å². The van der Waals surface area contributed by atoms with Crippen LogP contribution in [0.3, 0.4) is 0 Å². The molecule has 0 aromatic carbocycles. The van der Waals surface area contributed by atoms with E-state index in [1.807, 2.05) is 0 Å². The molecule has 0 aromatic rings. The first kappa shape index (κ1) is 23.5. The number of Topliss-reactive ketones (excluding diaryl/α,β-unsaturated/α-hetero) is 1. The summed E-state index contributed by atoms with van der Waals surface area (Å²) in [6.45, 7) is 16.3. The topological polar surface area (TPSA) is 37.3 Å². The summed E-state index contributed by atoms with van der Waals surface area (Å²) < 4.78 is 0. The summed E-state index contributed by atoms with van der Waals surface area (Å²) >= 11 is 0. The van der Waals surface area contributed by atoms with E-state index in [1.165, 1.54) is 50.5 Å². The van der Waals surface area contributed by atoms with Gasteiger partial charge >= 0.3 is 0 Å². The van der Waals surface area contributed by atoms with Crippen LogP contribution in [-0.4, -0.2) is 17.0 Å². The highest BCUT2D eigenvalue weighted by Crippen LogP contribution is 2.68. The average Bonchev–Trinajstić information content (AvgIpc) is 3.04. The van der Waals surface area contributed by atoms with Crippen LogP contribution in [0, 0.1) is 51.8 Å². The van der Waals surface area contributed by atoms with Crippen molar-refractivity contribution in [3.63, 3.8) is 0 Å². The summed E-state index contributed by atoms with van der Waals surface area (Å²) in [5.41, 5.74) is 1.08. The summed E-state index contributed by atoms with van der Waals surface area (Å²) in [6.07, 6.45) is 12.8. The van der Waals surface area contributed by atoms with Crippen LogP contribution >= 0.6 is 0 Å². The fourth-order valence-corrected chi connectivity index (χ4v) is 9.21. The Kier molecular flexibility index (Phi) is 6.07. The standard InChI is InChI=1S/C29H48O2/c1-18(2)9-8-10-19(3)21-12-13-22-20-11-14-24-27(4,5)25(30)17-26(31)29(24,7)23(20)15-16-28(21,22)6/h14,18-23,26,31H,8-13,15-17H2,1-7H3/t19-,20+,21-,22+,23+,26+,28-,29-/m1/s1. The molecule has 176 valence electrons. The maximum Gasteiger partial charge on any atom is 0.145 e. The van der Waals surface area contributed by atoms with Gasteiger partial charge in [0.05, 0.1) is 6.10 Å². The Balaban J connectivity index is 1.58. The Labute approximate surface area is 191 Å². The second kappa shape index (κ2) is 8.00. The van der Waals surface area contributed by atoms with Gasteiger partial charge in [-0.05, 0) is 86.9 Å². The highest BCUT2D eigenvalue weighted by atomic mass is 16.3. The summed E-state index contributed by atoms with van der Waals surface area (Å²) in [7, 11) is 0. The van der Waals surface area contributed by atoms with Gasteiger partial charge in [0.15, 0.2) is 0 Å². The second-order valence-electron chi connectivity index (χ2n) is 13.3. The Morgan fingerprint density at radius 2 is 1.74 bits per heavy atom. The maximum atomic E-state index is 12.8. The monoisotopic (exact) mass is 428 g/mol. The van der Waals surface area contributed by atoms with Crippen LogP contribution in [0.5, 0.6) is 0 Å². The number of aliphatic hydroxyl groups excluding tert-OH is 1. The van der Waals surface area contributed by atoms with Crippen molar-refractivity contribution in [3.05, 3.63) is 11.6 Å². The van der Waals surface area contributed by atoms with Crippen LogP contribution in [0.25, 0.3) is 0 Å². The van der Waals surface area contributed by atoms with Crippen molar-refractivity contribution in [2.24, 2.45) is 51.8 Å². The number of rotatable bonds is 5. The van der Waals surface area contributed by atoms with Gasteiger partial charge in [0.1, 0.15) is 5.78 Å². The van der Waals surface area contributed by atoms with E-state index in [0.29, 0.717) is 23.7 Å². The lowest BCUT2D eigenvalue weighted by Gasteiger charge is -2.61. The van der Waals surface area contributed by atoms with Crippen LogP contribution in [-0.2, 0) is 4.79 Å². The molecule has 2 heteroatoms. The number of hydrogen-bond donors (Lipinski definition) is 1. The molecule has 0 unspecified atom stereocenters. The second-order valence-corrected chi connectivity index (χ2v) is 13.3. The summed E-state index contributed by atoms with van der Waals surface area (Å²) in [5.74, 6) is 4.72. The number of ketones is 1. The zero-order valence-corrected chi connectivity index (χ0v) is 21.3. The van der Waals surface area contributed by atoms with E-state index in [4.69, 9.17) is 0 Å². The number of fused-ring (bicyclic) bond motifs is 5.